The van der Waals surface area contributed by atoms with Crippen LogP contribution in [-0.4, -0.2) is 29.3 Å². The van der Waals surface area contributed by atoms with Crippen LogP contribution < -0.4 is 14.3 Å². The van der Waals surface area contributed by atoms with Gasteiger partial charge in [-0.3, -0.25) is 13.8 Å². The fourth-order valence-electron chi connectivity index (χ4n) is 3.83. The lowest BCUT2D eigenvalue weighted by Gasteiger charge is -2.24. The van der Waals surface area contributed by atoms with E-state index in [4.69, 9.17) is 0 Å². The number of nitrogens with one attached hydrogen (secondary N) is 2. The number of carbonyl (C=O) groups is 1. The van der Waals surface area contributed by atoms with Gasteiger partial charge in [-0.15, -0.1) is 0 Å². The molecular formula is C29H29N3O5S2. The number of amides is 1. The van der Waals surface area contributed by atoms with Gasteiger partial charge in [-0.2, -0.15) is 0 Å². The second kappa shape index (κ2) is 11.7. The Bertz CT molecular complexity index is 1620. The third-order valence-corrected chi connectivity index (χ3v) is 9.13. The molecule has 202 valence electrons. The molecule has 0 bridgehead atoms. The van der Waals surface area contributed by atoms with E-state index in [1.165, 1.54) is 36.4 Å². The van der Waals surface area contributed by atoms with Crippen molar-refractivity contribution >= 4 is 43.0 Å². The molecule has 0 unspecified atom stereocenters. The highest BCUT2D eigenvalue weighted by Gasteiger charge is 2.27. The number of benzene rings is 4. The van der Waals surface area contributed by atoms with Gasteiger partial charge in [-0.25, -0.2) is 16.8 Å². The molecule has 0 aromatic heterocycles. The SMILES string of the molecule is CC(C)c1ccc(N(CC(=O)Nc2ccc(S(=O)(=O)Nc3ccccc3)cc2)S(=O)(=O)c2ccccc2)cc1. The number of rotatable bonds is 10. The smallest absolute Gasteiger partial charge is 0.264 e. The van der Waals surface area contributed by atoms with Gasteiger partial charge in [-0.05, 0) is 72.1 Å². The molecule has 0 atom stereocenters. The van der Waals surface area contributed by atoms with E-state index in [-0.39, 0.29) is 15.7 Å². The Hall–Kier alpha value is -4.15. The van der Waals surface area contributed by atoms with E-state index in [2.05, 4.69) is 10.0 Å². The molecule has 4 aromatic rings. The molecule has 1 amide bonds. The number of anilines is 3. The minimum Gasteiger partial charge on any atom is -0.325 e. The summed E-state index contributed by atoms with van der Waals surface area (Å²) in [5.41, 5.74) is 2.14. The summed E-state index contributed by atoms with van der Waals surface area (Å²) < 4.78 is 55.9. The van der Waals surface area contributed by atoms with Gasteiger partial charge < -0.3 is 5.32 Å². The summed E-state index contributed by atoms with van der Waals surface area (Å²) in [5, 5.41) is 2.66. The molecular weight excluding hydrogens is 534 g/mol. The Balaban J connectivity index is 1.54. The number of carbonyl (C=O) groups excluding carboxylic acids is 1. The Labute approximate surface area is 229 Å². The minimum absolute atomic E-state index is 0.0166. The monoisotopic (exact) mass is 563 g/mol. The van der Waals surface area contributed by atoms with Crippen LogP contribution in [0, 0.1) is 0 Å². The van der Waals surface area contributed by atoms with Crippen LogP contribution in [0.5, 0.6) is 0 Å². The fourth-order valence-corrected chi connectivity index (χ4v) is 6.33. The zero-order valence-corrected chi connectivity index (χ0v) is 23.1. The first-order valence-electron chi connectivity index (χ1n) is 12.2. The fraction of sp³-hybridized carbons (Fsp3) is 0.138. The molecule has 0 radical (unpaired) electrons. The first-order valence-corrected chi connectivity index (χ1v) is 15.1. The predicted molar refractivity (Wildman–Crippen MR) is 154 cm³/mol. The molecule has 0 heterocycles. The van der Waals surface area contributed by atoms with Crippen LogP contribution in [0.4, 0.5) is 17.1 Å². The van der Waals surface area contributed by atoms with Gasteiger partial charge in [0.05, 0.1) is 15.5 Å². The van der Waals surface area contributed by atoms with Gasteiger partial charge in [0, 0.05) is 11.4 Å². The summed E-state index contributed by atoms with van der Waals surface area (Å²) in [4.78, 5) is 13.1. The molecule has 0 saturated heterocycles. The lowest BCUT2D eigenvalue weighted by atomic mass is 10.0. The minimum atomic E-state index is -4.05. The third kappa shape index (κ3) is 6.84. The van der Waals surface area contributed by atoms with E-state index < -0.39 is 32.5 Å². The predicted octanol–water partition coefficient (Wildman–Crippen LogP) is 5.44. The molecule has 0 spiro atoms. The maximum absolute atomic E-state index is 13.5. The van der Waals surface area contributed by atoms with E-state index in [0.717, 1.165) is 9.87 Å². The van der Waals surface area contributed by atoms with Crippen molar-refractivity contribution in [2.24, 2.45) is 0 Å². The van der Waals surface area contributed by atoms with Gasteiger partial charge in [0.2, 0.25) is 5.91 Å². The maximum Gasteiger partial charge on any atom is 0.264 e. The van der Waals surface area contributed by atoms with Crippen LogP contribution >= 0.6 is 0 Å². The number of sulfonamides is 2. The summed E-state index contributed by atoms with van der Waals surface area (Å²) in [6.45, 7) is 3.60. The molecule has 0 aliphatic heterocycles. The molecule has 0 fully saturated rings. The van der Waals surface area contributed by atoms with Gasteiger partial charge in [0.25, 0.3) is 20.0 Å². The van der Waals surface area contributed by atoms with Crippen molar-refractivity contribution in [3.8, 4) is 0 Å². The molecule has 8 nitrogen and oxygen atoms in total. The number of para-hydroxylation sites is 1. The molecule has 0 aliphatic rings. The van der Waals surface area contributed by atoms with Crippen molar-refractivity contribution < 1.29 is 21.6 Å². The summed E-state index contributed by atoms with van der Waals surface area (Å²) in [6.07, 6.45) is 0. The van der Waals surface area contributed by atoms with Crippen molar-refractivity contribution in [1.82, 2.24) is 0 Å². The number of nitrogens with zero attached hydrogens (tertiary/aromatic N) is 1. The highest BCUT2D eigenvalue weighted by atomic mass is 32.2. The van der Waals surface area contributed by atoms with Gasteiger partial charge in [0.1, 0.15) is 6.54 Å². The highest BCUT2D eigenvalue weighted by Crippen LogP contribution is 2.26. The number of hydrogen-bond donors (Lipinski definition) is 2. The Morgan fingerprint density at radius 1 is 0.692 bits per heavy atom. The van der Waals surface area contributed by atoms with Crippen molar-refractivity contribution in [3.05, 3.63) is 115 Å². The van der Waals surface area contributed by atoms with E-state index >= 15 is 0 Å². The lowest BCUT2D eigenvalue weighted by Crippen LogP contribution is -2.38. The second-order valence-corrected chi connectivity index (χ2v) is 12.7. The van der Waals surface area contributed by atoms with Crippen LogP contribution in [0.3, 0.4) is 0 Å². The normalized spacial score (nSPS) is 11.7. The van der Waals surface area contributed by atoms with E-state index in [9.17, 15) is 21.6 Å². The molecule has 39 heavy (non-hydrogen) atoms. The van der Waals surface area contributed by atoms with Crippen LogP contribution in [0.2, 0.25) is 0 Å². The van der Waals surface area contributed by atoms with Crippen molar-refractivity contribution in [2.75, 3.05) is 20.9 Å². The van der Waals surface area contributed by atoms with Crippen LogP contribution in [0.25, 0.3) is 0 Å². The summed E-state index contributed by atoms with van der Waals surface area (Å²) >= 11 is 0. The molecule has 4 aromatic carbocycles. The zero-order chi connectivity index (χ0) is 28.0. The summed E-state index contributed by atoms with van der Waals surface area (Å²) in [7, 11) is -7.87. The molecule has 4 rings (SSSR count). The Kier molecular flexibility index (Phi) is 8.37. The quantitative estimate of drug-likeness (QED) is 0.267. The summed E-state index contributed by atoms with van der Waals surface area (Å²) in [5.74, 6) is -0.323. The van der Waals surface area contributed by atoms with Crippen LogP contribution in [0.15, 0.2) is 119 Å². The maximum atomic E-state index is 13.5. The Morgan fingerprint density at radius 3 is 1.82 bits per heavy atom. The van der Waals surface area contributed by atoms with Crippen LogP contribution in [-0.2, 0) is 24.8 Å². The molecule has 0 aliphatic carbocycles. The second-order valence-electron chi connectivity index (χ2n) is 9.12. The average molecular weight is 564 g/mol. The number of hydrogen-bond acceptors (Lipinski definition) is 5. The highest BCUT2D eigenvalue weighted by molar-refractivity contribution is 7.93. The van der Waals surface area contributed by atoms with Gasteiger partial charge >= 0.3 is 0 Å². The van der Waals surface area contributed by atoms with Crippen molar-refractivity contribution in [3.63, 3.8) is 0 Å². The molecule has 2 N–H and O–H groups in total. The third-order valence-electron chi connectivity index (χ3n) is 5.94. The van der Waals surface area contributed by atoms with Crippen molar-refractivity contribution in [1.29, 1.82) is 0 Å². The standard InChI is InChI=1S/C29H29N3O5S2/c1-22(2)23-13-17-26(18-14-23)32(39(36,37)28-11-7-4-8-12-28)21-29(33)30-24-15-19-27(20-16-24)38(34,35)31-25-9-5-3-6-10-25/h3-20,22,31H,21H2,1-2H3,(H,30,33). The van der Waals surface area contributed by atoms with Gasteiger partial charge in [0.15, 0.2) is 0 Å². The van der Waals surface area contributed by atoms with E-state index in [1.54, 1.807) is 60.7 Å². The van der Waals surface area contributed by atoms with E-state index in [1.807, 2.05) is 26.0 Å². The van der Waals surface area contributed by atoms with Crippen LogP contribution in [0.1, 0.15) is 25.3 Å². The van der Waals surface area contributed by atoms with Gasteiger partial charge in [-0.1, -0.05) is 62.4 Å². The lowest BCUT2D eigenvalue weighted by molar-refractivity contribution is -0.114. The first kappa shape index (κ1) is 27.9. The zero-order valence-electron chi connectivity index (χ0n) is 21.5. The summed E-state index contributed by atoms with van der Waals surface area (Å²) in [6, 6.07) is 29.1. The van der Waals surface area contributed by atoms with E-state index in [0.29, 0.717) is 17.1 Å². The topological polar surface area (TPSA) is 113 Å². The average Bonchev–Trinajstić information content (AvgIpc) is 2.93. The van der Waals surface area contributed by atoms with Crippen molar-refractivity contribution in [2.45, 2.75) is 29.6 Å². The molecule has 10 heteroatoms. The first-order chi connectivity index (χ1) is 18.6. The molecule has 0 saturated carbocycles. The Morgan fingerprint density at radius 2 is 1.26 bits per heavy atom. The largest absolute Gasteiger partial charge is 0.325 e.